The number of para-hydroxylation sites is 1. The second-order valence-corrected chi connectivity index (χ2v) is 7.02. The molecule has 0 aliphatic heterocycles. The van der Waals surface area contributed by atoms with Crippen molar-refractivity contribution in [2.24, 2.45) is 4.99 Å². The van der Waals surface area contributed by atoms with E-state index in [-0.39, 0.29) is 12.3 Å². The van der Waals surface area contributed by atoms with Crippen LogP contribution in [0, 0.1) is 11.3 Å². The van der Waals surface area contributed by atoms with E-state index in [1.165, 1.54) is 16.9 Å². The van der Waals surface area contributed by atoms with Crippen LogP contribution in [0.4, 0.5) is 10.7 Å². The average Bonchev–Trinajstić information content (AvgIpc) is 2.92. The van der Waals surface area contributed by atoms with Crippen LogP contribution in [0.25, 0.3) is 0 Å². The van der Waals surface area contributed by atoms with Crippen molar-refractivity contribution >= 4 is 33.6 Å². The summed E-state index contributed by atoms with van der Waals surface area (Å²) in [4.78, 5) is 18.0. The van der Waals surface area contributed by atoms with Crippen LogP contribution in [-0.2, 0) is 17.6 Å². The monoisotopic (exact) mass is 337 g/mol. The molecule has 0 unspecified atom stereocenters. The lowest BCUT2D eigenvalue weighted by atomic mass is 9.96. The van der Waals surface area contributed by atoms with Gasteiger partial charge in [-0.2, -0.15) is 5.26 Å². The predicted octanol–water partition coefficient (Wildman–Crippen LogP) is 4.62. The fourth-order valence-electron chi connectivity index (χ4n) is 2.92. The molecule has 4 nitrogen and oxygen atoms in total. The number of amides is 1. The second kappa shape index (κ2) is 7.41. The molecular weight excluding hydrogens is 318 g/mol. The molecule has 1 N–H and O–H groups in total. The quantitative estimate of drug-likeness (QED) is 0.827. The Bertz CT molecular complexity index is 815. The summed E-state index contributed by atoms with van der Waals surface area (Å²) in [6.07, 6.45) is 4.55. The number of nitrogens with zero attached hydrogens (tertiary/aromatic N) is 2. The standard InChI is InChI=1S/C19H19N3OS/c1-13(11-18(23)22-14-7-3-2-4-8-14)21-19-16(12-20)15-9-5-6-10-17(15)24-19/h2-4,7-8H,5-6,9-11H2,1H3,(H,22,23)/b21-13+. The summed E-state index contributed by atoms with van der Waals surface area (Å²) in [7, 11) is 0. The van der Waals surface area contributed by atoms with Gasteiger partial charge < -0.3 is 5.32 Å². The molecule has 1 amide bonds. The maximum absolute atomic E-state index is 12.1. The number of thiophene rings is 1. The van der Waals surface area contributed by atoms with Gasteiger partial charge in [0, 0.05) is 16.3 Å². The van der Waals surface area contributed by atoms with E-state index in [4.69, 9.17) is 0 Å². The molecule has 1 heterocycles. The number of nitriles is 1. The smallest absolute Gasteiger partial charge is 0.230 e. The van der Waals surface area contributed by atoms with E-state index in [0.29, 0.717) is 5.56 Å². The van der Waals surface area contributed by atoms with E-state index < -0.39 is 0 Å². The van der Waals surface area contributed by atoms with Gasteiger partial charge in [-0.1, -0.05) is 18.2 Å². The SMILES string of the molecule is C/C(CC(=O)Nc1ccccc1)=N\c1sc2c(c1C#N)CCCC2. The van der Waals surface area contributed by atoms with Crippen molar-refractivity contribution in [3.63, 3.8) is 0 Å². The number of carbonyl (C=O) groups is 1. The zero-order chi connectivity index (χ0) is 16.9. The maximum Gasteiger partial charge on any atom is 0.230 e. The van der Waals surface area contributed by atoms with Crippen LogP contribution in [0.1, 0.15) is 42.2 Å². The van der Waals surface area contributed by atoms with Crippen LogP contribution >= 0.6 is 11.3 Å². The van der Waals surface area contributed by atoms with Crippen LogP contribution < -0.4 is 5.32 Å². The lowest BCUT2D eigenvalue weighted by Crippen LogP contribution is -2.14. The van der Waals surface area contributed by atoms with E-state index >= 15 is 0 Å². The van der Waals surface area contributed by atoms with Gasteiger partial charge in [0.2, 0.25) is 5.91 Å². The Morgan fingerprint density at radius 3 is 2.79 bits per heavy atom. The number of rotatable bonds is 4. The molecule has 1 aliphatic carbocycles. The molecule has 5 heteroatoms. The summed E-state index contributed by atoms with van der Waals surface area (Å²) in [6, 6.07) is 11.7. The summed E-state index contributed by atoms with van der Waals surface area (Å²) < 4.78 is 0. The van der Waals surface area contributed by atoms with Crippen molar-refractivity contribution in [3.8, 4) is 6.07 Å². The molecule has 0 bridgehead atoms. The number of anilines is 1. The van der Waals surface area contributed by atoms with Gasteiger partial charge in [0.25, 0.3) is 0 Å². The first kappa shape index (κ1) is 16.4. The van der Waals surface area contributed by atoms with Gasteiger partial charge >= 0.3 is 0 Å². The molecular formula is C19H19N3OS. The predicted molar refractivity (Wildman–Crippen MR) is 98.1 cm³/mol. The lowest BCUT2D eigenvalue weighted by Gasteiger charge is -2.09. The molecule has 2 aromatic rings. The summed E-state index contributed by atoms with van der Waals surface area (Å²) in [6.45, 7) is 1.84. The molecule has 0 spiro atoms. The highest BCUT2D eigenvalue weighted by Crippen LogP contribution is 2.39. The van der Waals surface area contributed by atoms with Gasteiger partial charge in [0.05, 0.1) is 12.0 Å². The summed E-state index contributed by atoms with van der Waals surface area (Å²) >= 11 is 1.60. The van der Waals surface area contributed by atoms with Crippen LogP contribution in [-0.4, -0.2) is 11.6 Å². The molecule has 1 aromatic carbocycles. The van der Waals surface area contributed by atoms with Gasteiger partial charge in [0.1, 0.15) is 11.1 Å². The van der Waals surface area contributed by atoms with E-state index in [1.807, 2.05) is 37.3 Å². The van der Waals surface area contributed by atoms with Crippen LogP contribution in [0.5, 0.6) is 0 Å². The van der Waals surface area contributed by atoms with Gasteiger partial charge in [-0.05, 0) is 50.3 Å². The number of aliphatic imine (C=N–C) groups is 1. The first-order valence-electron chi connectivity index (χ1n) is 8.11. The minimum absolute atomic E-state index is 0.0951. The maximum atomic E-state index is 12.1. The van der Waals surface area contributed by atoms with Gasteiger partial charge in [0.15, 0.2) is 0 Å². The van der Waals surface area contributed by atoms with Gasteiger partial charge in [-0.25, -0.2) is 4.99 Å². The average molecular weight is 337 g/mol. The fourth-order valence-corrected chi connectivity index (χ4v) is 4.20. The normalized spacial score (nSPS) is 13.9. The van der Waals surface area contributed by atoms with Crippen molar-refractivity contribution in [2.75, 3.05) is 5.32 Å². The molecule has 122 valence electrons. The van der Waals surface area contributed by atoms with E-state index in [2.05, 4.69) is 16.4 Å². The lowest BCUT2D eigenvalue weighted by molar-refractivity contribution is -0.115. The first-order chi connectivity index (χ1) is 11.7. The molecule has 0 saturated carbocycles. The highest BCUT2D eigenvalue weighted by atomic mass is 32.1. The minimum Gasteiger partial charge on any atom is -0.326 e. The molecule has 0 radical (unpaired) electrons. The number of nitrogens with one attached hydrogen (secondary N) is 1. The zero-order valence-corrected chi connectivity index (χ0v) is 14.4. The van der Waals surface area contributed by atoms with E-state index in [0.717, 1.165) is 35.7 Å². The summed E-state index contributed by atoms with van der Waals surface area (Å²) in [5, 5.41) is 13.1. The number of carbonyl (C=O) groups excluding carboxylic acids is 1. The highest BCUT2D eigenvalue weighted by molar-refractivity contribution is 7.16. The van der Waals surface area contributed by atoms with Gasteiger partial charge in [-0.15, -0.1) is 11.3 Å². The third-order valence-electron chi connectivity index (χ3n) is 4.03. The minimum atomic E-state index is -0.0951. The van der Waals surface area contributed by atoms with Crippen LogP contribution in [0.2, 0.25) is 0 Å². The zero-order valence-electron chi connectivity index (χ0n) is 13.6. The Morgan fingerprint density at radius 2 is 2.04 bits per heavy atom. The molecule has 0 atom stereocenters. The first-order valence-corrected chi connectivity index (χ1v) is 8.92. The van der Waals surface area contributed by atoms with E-state index in [9.17, 15) is 10.1 Å². The van der Waals surface area contributed by atoms with Crippen molar-refractivity contribution in [1.82, 2.24) is 0 Å². The number of hydrogen-bond acceptors (Lipinski definition) is 4. The Labute approximate surface area is 145 Å². The number of benzene rings is 1. The molecule has 0 saturated heterocycles. The number of aryl methyl sites for hydroxylation is 1. The van der Waals surface area contributed by atoms with E-state index in [1.54, 1.807) is 11.3 Å². The molecule has 0 fully saturated rings. The third-order valence-corrected chi connectivity index (χ3v) is 5.22. The molecule has 3 rings (SSSR count). The topological polar surface area (TPSA) is 65.2 Å². The fraction of sp³-hybridized carbons (Fsp3) is 0.316. The third kappa shape index (κ3) is 3.72. The number of hydrogen-bond donors (Lipinski definition) is 1. The summed E-state index contributed by atoms with van der Waals surface area (Å²) in [5.41, 5.74) is 3.38. The highest BCUT2D eigenvalue weighted by Gasteiger charge is 2.20. The largest absolute Gasteiger partial charge is 0.326 e. The van der Waals surface area contributed by atoms with Crippen molar-refractivity contribution in [2.45, 2.75) is 39.0 Å². The Hall–Kier alpha value is -2.45. The van der Waals surface area contributed by atoms with Crippen molar-refractivity contribution in [1.29, 1.82) is 5.26 Å². The molecule has 24 heavy (non-hydrogen) atoms. The molecule has 1 aromatic heterocycles. The second-order valence-electron chi connectivity index (χ2n) is 5.94. The van der Waals surface area contributed by atoms with Gasteiger partial charge in [-0.3, -0.25) is 4.79 Å². The Kier molecular flexibility index (Phi) is 5.07. The van der Waals surface area contributed by atoms with Crippen LogP contribution in [0.15, 0.2) is 35.3 Å². The summed E-state index contributed by atoms with van der Waals surface area (Å²) in [5.74, 6) is -0.0951. The Balaban J connectivity index is 1.73. The van der Waals surface area contributed by atoms with Crippen molar-refractivity contribution in [3.05, 3.63) is 46.3 Å². The Morgan fingerprint density at radius 1 is 1.29 bits per heavy atom. The van der Waals surface area contributed by atoms with Crippen molar-refractivity contribution < 1.29 is 4.79 Å². The number of fused-ring (bicyclic) bond motifs is 1. The molecule has 1 aliphatic rings. The van der Waals surface area contributed by atoms with Crippen LogP contribution in [0.3, 0.4) is 0 Å².